The Bertz CT molecular complexity index is 1410. The predicted octanol–water partition coefficient (Wildman–Crippen LogP) is 2.86. The number of hydrogen-bond acceptors (Lipinski definition) is 6. The number of nitrogens with zero attached hydrogens (tertiary/aromatic N) is 5. The minimum absolute atomic E-state index is 0.190. The van der Waals surface area contributed by atoms with Gasteiger partial charge in [0, 0.05) is 31.1 Å². The summed E-state index contributed by atoms with van der Waals surface area (Å²) in [7, 11) is 0. The number of aryl methyl sites for hydroxylation is 1. The van der Waals surface area contributed by atoms with E-state index in [9.17, 15) is 9.18 Å². The van der Waals surface area contributed by atoms with E-state index in [0.29, 0.717) is 35.1 Å². The highest BCUT2D eigenvalue weighted by Crippen LogP contribution is 2.41. The summed E-state index contributed by atoms with van der Waals surface area (Å²) in [6, 6.07) is 11.2. The highest BCUT2D eigenvalue weighted by atomic mass is 19.1. The van der Waals surface area contributed by atoms with Crippen molar-refractivity contribution in [1.29, 1.82) is 0 Å². The van der Waals surface area contributed by atoms with E-state index in [1.165, 1.54) is 24.1 Å². The minimum Gasteiger partial charge on any atom is -0.305 e. The summed E-state index contributed by atoms with van der Waals surface area (Å²) in [5.41, 5.74) is 3.35. The number of aromatic amines is 1. The first kappa shape index (κ1) is 21.1. The third-order valence-electron chi connectivity index (χ3n) is 7.02. The molecule has 4 aromatic rings. The molecule has 2 aromatic carbocycles. The summed E-state index contributed by atoms with van der Waals surface area (Å²) < 4.78 is 16.3. The van der Waals surface area contributed by atoms with Crippen LogP contribution in [0.3, 0.4) is 0 Å². The smallest absolute Gasteiger partial charge is 0.272 e. The standard InChI is InChI=1S/C25H26FN7O/c1-2-33-24(28-14-29-33)21-22(16-6-4-15(5-7-16)13-32-8-3-9-32)27-12-17-10-18(26)11-19-20(17)23(21)30-31-25(19)34/h4-7,10-11,14,21-22,27H,2-3,8-9,12-13H2,1H3,(H,31,34). The van der Waals surface area contributed by atoms with Crippen LogP contribution in [0.4, 0.5) is 4.39 Å². The van der Waals surface area contributed by atoms with Gasteiger partial charge in [0.05, 0.1) is 17.0 Å². The molecule has 0 radical (unpaired) electrons. The number of aromatic nitrogens is 5. The van der Waals surface area contributed by atoms with Crippen molar-refractivity contribution >= 4 is 10.8 Å². The Hall–Kier alpha value is -3.43. The molecule has 1 fully saturated rings. The molecule has 2 unspecified atom stereocenters. The van der Waals surface area contributed by atoms with Gasteiger partial charge in [0.15, 0.2) is 0 Å². The zero-order valence-corrected chi connectivity index (χ0v) is 19.0. The second-order valence-corrected chi connectivity index (χ2v) is 9.07. The third-order valence-corrected chi connectivity index (χ3v) is 7.02. The SMILES string of the molecule is CCn1ncnc1C1c2n[nH]c(=O)c3cc(F)cc(c23)CNC1c1ccc(CN2CCC2)cc1. The molecule has 1 saturated heterocycles. The fourth-order valence-corrected chi connectivity index (χ4v) is 5.20. The number of nitrogens with one attached hydrogen (secondary N) is 2. The zero-order valence-electron chi connectivity index (χ0n) is 19.0. The maximum Gasteiger partial charge on any atom is 0.272 e. The number of hydrogen-bond donors (Lipinski definition) is 2. The number of rotatable bonds is 5. The number of benzene rings is 2. The van der Waals surface area contributed by atoms with Gasteiger partial charge in [0.25, 0.3) is 5.56 Å². The fraction of sp³-hybridized carbons (Fsp3) is 0.360. The van der Waals surface area contributed by atoms with Gasteiger partial charge in [0.2, 0.25) is 0 Å². The van der Waals surface area contributed by atoms with Gasteiger partial charge in [-0.1, -0.05) is 24.3 Å². The lowest BCUT2D eigenvalue weighted by molar-refractivity contribution is 0.172. The molecule has 2 N–H and O–H groups in total. The lowest BCUT2D eigenvalue weighted by Gasteiger charge is -2.31. The van der Waals surface area contributed by atoms with Crippen molar-refractivity contribution in [3.8, 4) is 0 Å². The molecule has 174 valence electrons. The molecule has 2 aromatic heterocycles. The average Bonchev–Trinajstić information content (AvgIpc) is 3.22. The summed E-state index contributed by atoms with van der Waals surface area (Å²) >= 11 is 0. The molecular formula is C25H26FN7O. The van der Waals surface area contributed by atoms with E-state index in [1.54, 1.807) is 6.33 Å². The Morgan fingerprint density at radius 2 is 2.00 bits per heavy atom. The molecule has 2 atom stereocenters. The Morgan fingerprint density at radius 1 is 1.18 bits per heavy atom. The quantitative estimate of drug-likeness (QED) is 0.477. The summed E-state index contributed by atoms with van der Waals surface area (Å²) in [5, 5.41) is 16.1. The molecule has 2 aliphatic rings. The van der Waals surface area contributed by atoms with E-state index < -0.39 is 11.4 Å². The van der Waals surface area contributed by atoms with Crippen molar-refractivity contribution in [2.45, 2.75) is 44.9 Å². The summed E-state index contributed by atoms with van der Waals surface area (Å²) in [6.45, 7) is 6.34. The molecule has 0 amide bonds. The lowest BCUT2D eigenvalue weighted by Crippen LogP contribution is -2.36. The van der Waals surface area contributed by atoms with Crippen molar-refractivity contribution in [3.05, 3.63) is 87.1 Å². The number of halogens is 1. The molecule has 8 nitrogen and oxygen atoms in total. The predicted molar refractivity (Wildman–Crippen MR) is 126 cm³/mol. The van der Waals surface area contributed by atoms with E-state index in [2.05, 4.69) is 54.8 Å². The first-order valence-corrected chi connectivity index (χ1v) is 11.8. The van der Waals surface area contributed by atoms with Gasteiger partial charge in [-0.15, -0.1) is 0 Å². The van der Waals surface area contributed by atoms with Crippen molar-refractivity contribution in [2.24, 2.45) is 0 Å². The second-order valence-electron chi connectivity index (χ2n) is 9.07. The summed E-state index contributed by atoms with van der Waals surface area (Å²) in [4.78, 5) is 19.6. The van der Waals surface area contributed by atoms with E-state index >= 15 is 0 Å². The fourth-order valence-electron chi connectivity index (χ4n) is 5.20. The van der Waals surface area contributed by atoms with Gasteiger partial charge in [0.1, 0.15) is 18.0 Å². The summed E-state index contributed by atoms with van der Waals surface area (Å²) in [6.07, 6.45) is 2.82. The Morgan fingerprint density at radius 3 is 2.74 bits per heavy atom. The molecule has 0 spiro atoms. The van der Waals surface area contributed by atoms with Crippen LogP contribution in [0.25, 0.3) is 10.8 Å². The third kappa shape index (κ3) is 3.52. The molecule has 0 aliphatic carbocycles. The summed E-state index contributed by atoms with van der Waals surface area (Å²) in [5.74, 6) is -0.00792. The minimum atomic E-state index is -0.436. The van der Waals surface area contributed by atoms with Crippen LogP contribution in [0.15, 0.2) is 47.5 Å². The maximum absolute atomic E-state index is 14.4. The zero-order chi connectivity index (χ0) is 23.2. The molecule has 4 heterocycles. The topological polar surface area (TPSA) is 91.7 Å². The molecular weight excluding hydrogens is 433 g/mol. The monoisotopic (exact) mass is 459 g/mol. The molecule has 34 heavy (non-hydrogen) atoms. The van der Waals surface area contributed by atoms with Gasteiger partial charge in [-0.3, -0.25) is 9.69 Å². The van der Waals surface area contributed by atoms with Crippen LogP contribution in [-0.4, -0.2) is 43.0 Å². The van der Waals surface area contributed by atoms with Gasteiger partial charge >= 0.3 is 0 Å². The van der Waals surface area contributed by atoms with Gasteiger partial charge in [-0.2, -0.15) is 10.2 Å². The Balaban J connectivity index is 1.50. The van der Waals surface area contributed by atoms with Gasteiger partial charge in [-0.05, 0) is 55.3 Å². The number of likely N-dealkylation sites (tertiary alicyclic amines) is 1. The first-order valence-electron chi connectivity index (χ1n) is 11.8. The highest BCUT2D eigenvalue weighted by molar-refractivity contribution is 5.88. The first-order chi connectivity index (χ1) is 16.6. The van der Waals surface area contributed by atoms with Gasteiger partial charge < -0.3 is 5.32 Å². The van der Waals surface area contributed by atoms with Crippen LogP contribution in [0.1, 0.15) is 53.5 Å². The molecule has 0 saturated carbocycles. The Labute approximate surface area is 195 Å². The lowest BCUT2D eigenvalue weighted by atomic mass is 9.87. The number of H-pyrrole nitrogens is 1. The van der Waals surface area contributed by atoms with E-state index in [1.807, 2.05) is 11.6 Å². The van der Waals surface area contributed by atoms with E-state index in [4.69, 9.17) is 0 Å². The van der Waals surface area contributed by atoms with Crippen LogP contribution in [0.2, 0.25) is 0 Å². The van der Waals surface area contributed by atoms with Crippen molar-refractivity contribution in [2.75, 3.05) is 13.1 Å². The van der Waals surface area contributed by atoms with E-state index in [0.717, 1.165) is 31.0 Å². The van der Waals surface area contributed by atoms with Crippen LogP contribution >= 0.6 is 0 Å². The van der Waals surface area contributed by atoms with Crippen LogP contribution in [0, 0.1) is 5.82 Å². The molecule has 0 bridgehead atoms. The Kier molecular flexibility index (Phi) is 5.23. The van der Waals surface area contributed by atoms with Crippen LogP contribution in [-0.2, 0) is 19.6 Å². The van der Waals surface area contributed by atoms with Crippen LogP contribution in [0.5, 0.6) is 0 Å². The van der Waals surface area contributed by atoms with Crippen molar-refractivity contribution in [3.63, 3.8) is 0 Å². The highest BCUT2D eigenvalue weighted by Gasteiger charge is 2.36. The molecule has 2 aliphatic heterocycles. The maximum atomic E-state index is 14.4. The molecule has 9 heteroatoms. The van der Waals surface area contributed by atoms with Crippen molar-refractivity contribution in [1.82, 2.24) is 35.2 Å². The van der Waals surface area contributed by atoms with Crippen LogP contribution < -0.4 is 10.9 Å². The van der Waals surface area contributed by atoms with Crippen molar-refractivity contribution < 1.29 is 4.39 Å². The molecule has 6 rings (SSSR count). The average molecular weight is 460 g/mol. The normalized spacial score (nSPS) is 20.3. The second kappa shape index (κ2) is 8.41. The van der Waals surface area contributed by atoms with E-state index in [-0.39, 0.29) is 12.0 Å². The largest absolute Gasteiger partial charge is 0.305 e. The van der Waals surface area contributed by atoms with Gasteiger partial charge in [-0.25, -0.2) is 19.2 Å².